The van der Waals surface area contributed by atoms with Crippen LogP contribution in [0, 0.1) is 0 Å². The van der Waals surface area contributed by atoms with Gasteiger partial charge in [0.05, 0.1) is 0 Å². The van der Waals surface area contributed by atoms with Crippen LogP contribution in [0.3, 0.4) is 0 Å². The second-order valence-corrected chi connectivity index (χ2v) is 7.01. The number of hydrogen-bond acceptors (Lipinski definition) is 6. The van der Waals surface area contributed by atoms with Gasteiger partial charge in [-0.1, -0.05) is 0 Å². The number of unbranched alkanes of at least 4 members (excludes halogenated alkanes) is 1. The lowest BCUT2D eigenvalue weighted by molar-refractivity contribution is 0.272. The van der Waals surface area contributed by atoms with Crippen molar-refractivity contribution in [3.05, 3.63) is 0 Å². The molecule has 0 aromatic rings. The first-order valence-corrected chi connectivity index (χ1v) is 11.1. The smallest absolute Gasteiger partial charge is 0.330 e. The molecule has 0 saturated heterocycles. The second-order valence-electron chi connectivity index (χ2n) is 3.93. The number of phosphoric acid groups is 3. The Hall–Kier alpha value is 0.210. The Labute approximate surface area is 144 Å². The maximum atomic E-state index is 8.88. The summed E-state index contributed by atoms with van der Waals surface area (Å²) < 4.78 is 26.6. The zero-order valence-electron chi connectivity index (χ0n) is 13.2. The van der Waals surface area contributed by atoms with E-state index in [-0.39, 0.29) is 0 Å². The molecule has 18 heteroatoms. The van der Waals surface area contributed by atoms with Crippen molar-refractivity contribution < 1.29 is 57.7 Å². The van der Waals surface area contributed by atoms with Crippen LogP contribution in [0.2, 0.25) is 0 Å². The standard InChI is InChI=1S/C7H19N3.3H3O4P/c8-4-1-2-6-10-7-3-5-9;3*1-5(2,3)4/h10H,1-9H2;3*(H3,1,2,3,4). The SMILES string of the molecule is NCCCCNCCCN.O=P(O)(O)O.O=P(O)(O)O.O=P(O)(O)O. The highest BCUT2D eigenvalue weighted by Crippen LogP contribution is 2.26. The molecule has 0 spiro atoms. The van der Waals surface area contributed by atoms with Gasteiger partial charge in [-0.05, 0) is 45.4 Å². The molecule has 15 nitrogen and oxygen atoms in total. The number of nitrogens with one attached hydrogen (secondary N) is 1. The predicted octanol–water partition coefficient (Wildman–Crippen LogP) is -3.12. The summed E-state index contributed by atoms with van der Waals surface area (Å²) in [7, 11) is -13.9. The van der Waals surface area contributed by atoms with Crippen LogP contribution < -0.4 is 16.8 Å². The van der Waals surface area contributed by atoms with Gasteiger partial charge in [-0.3, -0.25) is 0 Å². The molecule has 0 aliphatic carbocycles. The predicted molar refractivity (Wildman–Crippen MR) is 87.6 cm³/mol. The molecule has 0 heterocycles. The molecule has 0 aliphatic rings. The van der Waals surface area contributed by atoms with Crippen LogP contribution in [-0.2, 0) is 13.7 Å². The van der Waals surface area contributed by atoms with Gasteiger partial charge in [-0.15, -0.1) is 0 Å². The van der Waals surface area contributed by atoms with Crippen molar-refractivity contribution in [1.82, 2.24) is 5.32 Å². The van der Waals surface area contributed by atoms with Crippen molar-refractivity contribution in [2.24, 2.45) is 11.5 Å². The maximum Gasteiger partial charge on any atom is 0.466 e. The molecule has 14 N–H and O–H groups in total. The molecule has 0 fully saturated rings. The topological polar surface area (TPSA) is 297 Å². The maximum absolute atomic E-state index is 8.88. The van der Waals surface area contributed by atoms with Crippen LogP contribution in [0.4, 0.5) is 0 Å². The first-order valence-electron chi connectivity index (χ1n) is 6.37. The van der Waals surface area contributed by atoms with Gasteiger partial charge in [0.15, 0.2) is 0 Å². The fourth-order valence-electron chi connectivity index (χ4n) is 0.746. The average Bonchev–Trinajstić information content (AvgIpc) is 2.27. The summed E-state index contributed by atoms with van der Waals surface area (Å²) in [5.74, 6) is 0. The van der Waals surface area contributed by atoms with E-state index in [1.54, 1.807) is 0 Å². The third-order valence-electron chi connectivity index (χ3n) is 1.37. The van der Waals surface area contributed by atoms with E-state index in [1.807, 2.05) is 0 Å². The molecule has 0 aromatic heterocycles. The summed E-state index contributed by atoms with van der Waals surface area (Å²) in [6.07, 6.45) is 3.37. The fraction of sp³-hybridized carbons (Fsp3) is 1.00. The molecular formula is C7H28N3O12P3. The molecule has 0 rings (SSSR count). The number of nitrogens with two attached hydrogens (primary N) is 2. The molecule has 25 heavy (non-hydrogen) atoms. The van der Waals surface area contributed by atoms with E-state index in [0.717, 1.165) is 39.0 Å². The lowest BCUT2D eigenvalue weighted by Gasteiger charge is -2.01. The molecule has 0 unspecified atom stereocenters. The van der Waals surface area contributed by atoms with Crippen molar-refractivity contribution in [1.29, 1.82) is 0 Å². The van der Waals surface area contributed by atoms with Gasteiger partial charge < -0.3 is 60.8 Å². The zero-order valence-corrected chi connectivity index (χ0v) is 15.9. The molecule has 0 radical (unpaired) electrons. The highest BCUT2D eigenvalue weighted by Gasteiger charge is 2.01. The Morgan fingerprint density at radius 3 is 1.04 bits per heavy atom. The highest BCUT2D eigenvalue weighted by molar-refractivity contribution is 7.45. The van der Waals surface area contributed by atoms with Crippen LogP contribution in [0.15, 0.2) is 0 Å². The molecular weight excluding hydrogens is 411 g/mol. The van der Waals surface area contributed by atoms with Crippen molar-refractivity contribution in [2.45, 2.75) is 19.3 Å². The van der Waals surface area contributed by atoms with Crippen LogP contribution >= 0.6 is 23.5 Å². The third-order valence-corrected chi connectivity index (χ3v) is 1.37. The van der Waals surface area contributed by atoms with Crippen LogP contribution in [0.1, 0.15) is 19.3 Å². The minimum absolute atomic E-state index is 0.782. The van der Waals surface area contributed by atoms with E-state index in [4.69, 9.17) is 69.2 Å². The Morgan fingerprint density at radius 2 is 0.800 bits per heavy atom. The normalized spacial score (nSPS) is 11.2. The van der Waals surface area contributed by atoms with Crippen LogP contribution in [0.5, 0.6) is 0 Å². The molecule has 158 valence electrons. The van der Waals surface area contributed by atoms with Gasteiger partial charge in [0.2, 0.25) is 0 Å². The lowest BCUT2D eigenvalue weighted by atomic mass is 10.3. The van der Waals surface area contributed by atoms with E-state index < -0.39 is 23.5 Å². The van der Waals surface area contributed by atoms with Gasteiger partial charge in [0.25, 0.3) is 0 Å². The van der Waals surface area contributed by atoms with E-state index >= 15 is 0 Å². The minimum Gasteiger partial charge on any atom is -0.330 e. The molecule has 0 aliphatic heterocycles. The quantitative estimate of drug-likeness (QED) is 0.138. The van der Waals surface area contributed by atoms with Crippen LogP contribution in [-0.4, -0.2) is 70.2 Å². The molecule has 0 aromatic carbocycles. The molecule has 0 saturated carbocycles. The Balaban J connectivity index is -0.000000126. The Morgan fingerprint density at radius 1 is 0.560 bits per heavy atom. The van der Waals surface area contributed by atoms with Crippen LogP contribution in [0.25, 0.3) is 0 Å². The summed E-state index contributed by atoms with van der Waals surface area (Å²) >= 11 is 0. The molecule has 0 atom stereocenters. The van der Waals surface area contributed by atoms with Gasteiger partial charge in [-0.25, -0.2) is 13.7 Å². The van der Waals surface area contributed by atoms with E-state index in [0.29, 0.717) is 0 Å². The lowest BCUT2D eigenvalue weighted by Crippen LogP contribution is -2.19. The number of rotatable bonds is 7. The zero-order chi connectivity index (χ0) is 21.2. The Bertz CT molecular complexity index is 326. The highest BCUT2D eigenvalue weighted by atomic mass is 31.2. The van der Waals surface area contributed by atoms with Gasteiger partial charge in [-0.2, -0.15) is 0 Å². The van der Waals surface area contributed by atoms with Crippen molar-refractivity contribution >= 4 is 23.5 Å². The summed E-state index contributed by atoms with van der Waals surface area (Å²) in [5, 5.41) is 3.29. The Kier molecular flexibility index (Phi) is 24.9. The van der Waals surface area contributed by atoms with E-state index in [9.17, 15) is 0 Å². The fourth-order valence-corrected chi connectivity index (χ4v) is 0.746. The van der Waals surface area contributed by atoms with E-state index in [2.05, 4.69) is 5.32 Å². The first-order chi connectivity index (χ1) is 10.9. The summed E-state index contributed by atoms with van der Waals surface area (Å²) in [6, 6.07) is 0. The first kappa shape index (κ1) is 32.8. The minimum atomic E-state index is -4.64. The van der Waals surface area contributed by atoms with Crippen molar-refractivity contribution in [3.8, 4) is 0 Å². The second kappa shape index (κ2) is 19.0. The number of hydrogen-bond donors (Lipinski definition) is 12. The largest absolute Gasteiger partial charge is 0.466 e. The van der Waals surface area contributed by atoms with Gasteiger partial charge >= 0.3 is 23.5 Å². The summed E-state index contributed by atoms with van der Waals surface area (Å²) in [5.41, 5.74) is 10.6. The average molecular weight is 439 g/mol. The van der Waals surface area contributed by atoms with Crippen molar-refractivity contribution in [2.75, 3.05) is 26.2 Å². The van der Waals surface area contributed by atoms with Crippen molar-refractivity contribution in [3.63, 3.8) is 0 Å². The monoisotopic (exact) mass is 439 g/mol. The third kappa shape index (κ3) is 230. The molecule has 0 amide bonds. The molecule has 0 bridgehead atoms. The van der Waals surface area contributed by atoms with Gasteiger partial charge in [0.1, 0.15) is 0 Å². The summed E-state index contributed by atoms with van der Waals surface area (Å²) in [6.45, 7) is 3.71. The summed E-state index contributed by atoms with van der Waals surface area (Å²) in [4.78, 5) is 64.7. The van der Waals surface area contributed by atoms with E-state index in [1.165, 1.54) is 6.42 Å². The van der Waals surface area contributed by atoms with Gasteiger partial charge in [0, 0.05) is 0 Å².